The van der Waals surface area contributed by atoms with Crippen LogP contribution in [0.2, 0.25) is 0 Å². The van der Waals surface area contributed by atoms with Gasteiger partial charge in [0, 0.05) is 16.3 Å². The van der Waals surface area contributed by atoms with E-state index in [0.717, 1.165) is 6.42 Å². The summed E-state index contributed by atoms with van der Waals surface area (Å²) in [6, 6.07) is 0. The molecule has 0 bridgehead atoms. The maximum absolute atomic E-state index is 11.6. The largest absolute Gasteiger partial charge is 0.350 e. The van der Waals surface area contributed by atoms with E-state index in [0.29, 0.717) is 0 Å². The molecule has 0 fully saturated rings. The first-order chi connectivity index (χ1) is 5.81. The second-order valence-electron chi connectivity index (χ2n) is 4.14. The zero-order chi connectivity index (χ0) is 10.6. The predicted molar refractivity (Wildman–Crippen MR) is 60.1 cm³/mol. The van der Waals surface area contributed by atoms with Gasteiger partial charge in [0.1, 0.15) is 0 Å². The van der Waals surface area contributed by atoms with Crippen molar-refractivity contribution in [2.75, 3.05) is 0 Å². The number of rotatable bonds is 4. The highest BCUT2D eigenvalue weighted by atomic mass is 79.9. The first-order valence-electron chi connectivity index (χ1n) is 4.77. The molecule has 2 nitrogen and oxygen atoms in total. The highest BCUT2D eigenvalue weighted by Crippen LogP contribution is 2.17. The molecule has 0 heterocycles. The van der Waals surface area contributed by atoms with Gasteiger partial charge in [0.15, 0.2) is 0 Å². The van der Waals surface area contributed by atoms with Crippen molar-refractivity contribution in [1.82, 2.24) is 5.32 Å². The monoisotopic (exact) mass is 249 g/mol. The van der Waals surface area contributed by atoms with Crippen molar-refractivity contribution < 1.29 is 4.79 Å². The molecule has 0 aliphatic heterocycles. The van der Waals surface area contributed by atoms with Gasteiger partial charge in [-0.3, -0.25) is 4.79 Å². The summed E-state index contributed by atoms with van der Waals surface area (Å²) in [5.74, 6) is 0.240. The van der Waals surface area contributed by atoms with Crippen LogP contribution in [-0.2, 0) is 4.79 Å². The minimum atomic E-state index is -0.180. The standard InChI is InChI=1S/C10H20BrNO/c1-6-7(2)9(13)12-10(4,5)8(3)11/h7-8H,6H2,1-5H3,(H,12,13). The molecule has 2 unspecified atom stereocenters. The van der Waals surface area contributed by atoms with Gasteiger partial charge in [-0.05, 0) is 20.3 Å². The number of carbonyl (C=O) groups excluding carboxylic acids is 1. The van der Waals surface area contributed by atoms with Crippen molar-refractivity contribution in [2.24, 2.45) is 5.92 Å². The van der Waals surface area contributed by atoms with Crippen LogP contribution >= 0.6 is 15.9 Å². The fraction of sp³-hybridized carbons (Fsp3) is 0.900. The van der Waals surface area contributed by atoms with Crippen LogP contribution in [0.1, 0.15) is 41.0 Å². The number of nitrogens with one attached hydrogen (secondary N) is 1. The van der Waals surface area contributed by atoms with Crippen LogP contribution in [0.25, 0.3) is 0 Å². The minimum absolute atomic E-state index is 0.102. The summed E-state index contributed by atoms with van der Waals surface area (Å²) < 4.78 is 0. The molecule has 3 heteroatoms. The normalized spacial score (nSPS) is 16.5. The van der Waals surface area contributed by atoms with E-state index in [2.05, 4.69) is 21.2 Å². The van der Waals surface area contributed by atoms with Gasteiger partial charge in [0.2, 0.25) is 5.91 Å². The van der Waals surface area contributed by atoms with Crippen molar-refractivity contribution in [3.63, 3.8) is 0 Å². The Morgan fingerprint density at radius 2 is 1.92 bits per heavy atom. The van der Waals surface area contributed by atoms with E-state index in [-0.39, 0.29) is 22.2 Å². The SMILES string of the molecule is CCC(C)C(=O)NC(C)(C)C(C)Br. The number of halogens is 1. The van der Waals surface area contributed by atoms with E-state index < -0.39 is 0 Å². The van der Waals surface area contributed by atoms with Crippen LogP contribution in [0.4, 0.5) is 0 Å². The van der Waals surface area contributed by atoms with Gasteiger partial charge >= 0.3 is 0 Å². The number of hydrogen-bond donors (Lipinski definition) is 1. The molecule has 1 N–H and O–H groups in total. The Labute approximate surface area is 89.6 Å². The molecule has 2 atom stereocenters. The lowest BCUT2D eigenvalue weighted by Crippen LogP contribution is -2.50. The van der Waals surface area contributed by atoms with Gasteiger partial charge < -0.3 is 5.32 Å². The molecule has 0 aromatic rings. The summed E-state index contributed by atoms with van der Waals surface area (Å²) in [5.41, 5.74) is -0.180. The summed E-state index contributed by atoms with van der Waals surface area (Å²) in [6.45, 7) is 10.1. The van der Waals surface area contributed by atoms with Crippen LogP contribution in [0.15, 0.2) is 0 Å². The quantitative estimate of drug-likeness (QED) is 0.763. The van der Waals surface area contributed by atoms with E-state index in [4.69, 9.17) is 0 Å². The molecule has 0 spiro atoms. The summed E-state index contributed by atoms with van der Waals surface area (Å²) in [5, 5.41) is 3.02. The van der Waals surface area contributed by atoms with Crippen molar-refractivity contribution in [3.05, 3.63) is 0 Å². The second-order valence-corrected chi connectivity index (χ2v) is 5.51. The van der Waals surface area contributed by atoms with Gasteiger partial charge in [-0.1, -0.05) is 36.7 Å². The van der Waals surface area contributed by atoms with E-state index in [9.17, 15) is 4.79 Å². The Bertz CT molecular complexity index is 178. The molecular weight excluding hydrogens is 230 g/mol. The molecule has 0 aromatic carbocycles. The fourth-order valence-electron chi connectivity index (χ4n) is 0.726. The zero-order valence-corrected chi connectivity index (χ0v) is 10.7. The van der Waals surface area contributed by atoms with Crippen molar-refractivity contribution >= 4 is 21.8 Å². The molecule has 0 aliphatic rings. The Balaban J connectivity index is 4.19. The molecule has 0 rings (SSSR count). The topological polar surface area (TPSA) is 29.1 Å². The summed E-state index contributed by atoms with van der Waals surface area (Å²) in [4.78, 5) is 11.8. The van der Waals surface area contributed by atoms with Crippen LogP contribution in [0.5, 0.6) is 0 Å². The smallest absolute Gasteiger partial charge is 0.223 e. The van der Waals surface area contributed by atoms with Crippen molar-refractivity contribution in [2.45, 2.75) is 51.4 Å². The van der Waals surface area contributed by atoms with Crippen molar-refractivity contribution in [1.29, 1.82) is 0 Å². The maximum Gasteiger partial charge on any atom is 0.223 e. The highest BCUT2D eigenvalue weighted by molar-refractivity contribution is 9.09. The first kappa shape index (κ1) is 12.9. The molecule has 13 heavy (non-hydrogen) atoms. The molecule has 1 amide bonds. The minimum Gasteiger partial charge on any atom is -0.350 e. The van der Waals surface area contributed by atoms with Gasteiger partial charge in [-0.15, -0.1) is 0 Å². The molecule has 0 radical (unpaired) electrons. The number of hydrogen-bond acceptors (Lipinski definition) is 1. The summed E-state index contributed by atoms with van der Waals surface area (Å²) in [7, 11) is 0. The average Bonchev–Trinajstić information content (AvgIpc) is 2.01. The van der Waals surface area contributed by atoms with Gasteiger partial charge in [-0.2, -0.15) is 0 Å². The number of carbonyl (C=O) groups is 1. The summed E-state index contributed by atoms with van der Waals surface area (Å²) in [6.07, 6.45) is 0.887. The number of alkyl halides is 1. The second kappa shape index (κ2) is 4.99. The lowest BCUT2D eigenvalue weighted by molar-refractivity contribution is -0.126. The third-order valence-electron chi connectivity index (χ3n) is 2.50. The first-order valence-corrected chi connectivity index (χ1v) is 5.69. The lowest BCUT2D eigenvalue weighted by atomic mass is 9.99. The Kier molecular flexibility index (Phi) is 4.97. The number of amides is 1. The van der Waals surface area contributed by atoms with E-state index in [1.165, 1.54) is 0 Å². The maximum atomic E-state index is 11.6. The highest BCUT2D eigenvalue weighted by Gasteiger charge is 2.26. The zero-order valence-electron chi connectivity index (χ0n) is 9.15. The Hall–Kier alpha value is -0.0500. The van der Waals surface area contributed by atoms with E-state index >= 15 is 0 Å². The van der Waals surface area contributed by atoms with Crippen LogP contribution in [0.3, 0.4) is 0 Å². The molecule has 78 valence electrons. The van der Waals surface area contributed by atoms with Crippen LogP contribution in [-0.4, -0.2) is 16.3 Å². The van der Waals surface area contributed by atoms with Gasteiger partial charge in [0.25, 0.3) is 0 Å². The third-order valence-corrected chi connectivity index (χ3v) is 3.64. The molecule has 0 aliphatic carbocycles. The van der Waals surface area contributed by atoms with Gasteiger partial charge in [-0.25, -0.2) is 0 Å². The summed E-state index contributed by atoms with van der Waals surface area (Å²) >= 11 is 3.48. The predicted octanol–water partition coefficient (Wildman–Crippen LogP) is 2.71. The Morgan fingerprint density at radius 1 is 1.46 bits per heavy atom. The molecule has 0 saturated carbocycles. The molecule has 0 saturated heterocycles. The fourth-order valence-corrected chi connectivity index (χ4v) is 0.840. The third kappa shape index (κ3) is 4.12. The molecular formula is C10H20BrNO. The lowest BCUT2D eigenvalue weighted by Gasteiger charge is -2.30. The van der Waals surface area contributed by atoms with E-state index in [1.807, 2.05) is 34.6 Å². The van der Waals surface area contributed by atoms with E-state index in [1.54, 1.807) is 0 Å². The van der Waals surface area contributed by atoms with Crippen LogP contribution in [0, 0.1) is 5.92 Å². The van der Waals surface area contributed by atoms with Crippen LogP contribution < -0.4 is 5.32 Å². The Morgan fingerprint density at radius 3 is 2.23 bits per heavy atom. The van der Waals surface area contributed by atoms with Gasteiger partial charge in [0.05, 0.1) is 0 Å². The molecule has 0 aromatic heterocycles. The van der Waals surface area contributed by atoms with Crippen molar-refractivity contribution in [3.8, 4) is 0 Å². The average molecular weight is 250 g/mol.